The molecule has 146 valence electrons. The first-order valence-electron chi connectivity index (χ1n) is 8.14. The Bertz CT molecular complexity index is 967. The summed E-state index contributed by atoms with van der Waals surface area (Å²) in [6, 6.07) is 6.70. The molecule has 0 bridgehead atoms. The lowest BCUT2D eigenvalue weighted by atomic mass is 10.2. The van der Waals surface area contributed by atoms with E-state index in [2.05, 4.69) is 20.5 Å². The lowest BCUT2D eigenvalue weighted by Gasteiger charge is -2.15. The summed E-state index contributed by atoms with van der Waals surface area (Å²) in [6.45, 7) is 1.73. The van der Waals surface area contributed by atoms with Crippen molar-refractivity contribution in [1.82, 2.24) is 15.2 Å². The first-order chi connectivity index (χ1) is 13.5. The van der Waals surface area contributed by atoms with Gasteiger partial charge in [0, 0.05) is 24.0 Å². The number of ether oxygens (including phenoxy) is 2. The number of pyridine rings is 1. The minimum Gasteiger partial charge on any atom is -0.495 e. The quantitative estimate of drug-likeness (QED) is 0.574. The molecular weight excluding hydrogens is 404 g/mol. The number of halogens is 1. The Balaban J connectivity index is 1.69. The number of nitrogens with one attached hydrogen (secondary N) is 1. The summed E-state index contributed by atoms with van der Waals surface area (Å²) in [5.41, 5.74) is 1.19. The number of anilines is 1. The van der Waals surface area contributed by atoms with Crippen LogP contribution in [0.3, 0.4) is 0 Å². The maximum absolute atomic E-state index is 12.6. The van der Waals surface area contributed by atoms with E-state index in [-0.39, 0.29) is 11.1 Å². The molecule has 1 N–H and O–H groups in total. The second-order valence-corrected chi connectivity index (χ2v) is 7.24. The van der Waals surface area contributed by atoms with Gasteiger partial charge in [-0.2, -0.15) is 0 Å². The van der Waals surface area contributed by atoms with Gasteiger partial charge in [0.05, 0.1) is 30.2 Å². The van der Waals surface area contributed by atoms with Gasteiger partial charge < -0.3 is 19.2 Å². The van der Waals surface area contributed by atoms with E-state index in [1.165, 1.54) is 14.2 Å². The van der Waals surface area contributed by atoms with Crippen LogP contribution in [-0.4, -0.2) is 40.6 Å². The molecule has 0 saturated carbocycles. The number of rotatable bonds is 7. The zero-order chi connectivity index (χ0) is 20.1. The van der Waals surface area contributed by atoms with Crippen molar-refractivity contribution in [3.8, 4) is 23.0 Å². The highest BCUT2D eigenvalue weighted by molar-refractivity contribution is 8.00. The van der Waals surface area contributed by atoms with Gasteiger partial charge in [-0.15, -0.1) is 10.2 Å². The van der Waals surface area contributed by atoms with E-state index in [0.717, 1.165) is 17.3 Å². The number of methoxy groups -OCH3 is 2. The zero-order valence-corrected chi connectivity index (χ0v) is 16.9. The smallest absolute Gasteiger partial charge is 0.277 e. The van der Waals surface area contributed by atoms with E-state index in [4.69, 9.17) is 25.5 Å². The van der Waals surface area contributed by atoms with Gasteiger partial charge in [0.25, 0.3) is 5.22 Å². The Morgan fingerprint density at radius 3 is 2.57 bits per heavy atom. The second-order valence-electron chi connectivity index (χ2n) is 5.55. The first kappa shape index (κ1) is 20.0. The number of carbonyl (C=O) groups excluding carboxylic acids is 1. The predicted molar refractivity (Wildman–Crippen MR) is 106 cm³/mol. The lowest BCUT2D eigenvalue weighted by molar-refractivity contribution is -0.115. The van der Waals surface area contributed by atoms with Gasteiger partial charge in [-0.1, -0.05) is 23.4 Å². The van der Waals surface area contributed by atoms with Crippen molar-refractivity contribution in [1.29, 1.82) is 0 Å². The fourth-order valence-corrected chi connectivity index (χ4v) is 3.19. The Morgan fingerprint density at radius 1 is 1.18 bits per heavy atom. The van der Waals surface area contributed by atoms with Crippen molar-refractivity contribution < 1.29 is 18.7 Å². The molecule has 0 spiro atoms. The Labute approximate surface area is 170 Å². The van der Waals surface area contributed by atoms with Crippen LogP contribution in [0.2, 0.25) is 5.02 Å². The molecule has 0 saturated heterocycles. The van der Waals surface area contributed by atoms with Crippen LogP contribution in [0.4, 0.5) is 5.69 Å². The number of amides is 1. The van der Waals surface area contributed by atoms with Gasteiger partial charge in [0.1, 0.15) is 11.5 Å². The lowest BCUT2D eigenvalue weighted by Crippen LogP contribution is -2.22. The minimum atomic E-state index is -0.503. The molecular formula is C18H17ClN4O4S. The summed E-state index contributed by atoms with van der Waals surface area (Å²) in [4.78, 5) is 16.5. The zero-order valence-electron chi connectivity index (χ0n) is 15.3. The van der Waals surface area contributed by atoms with Gasteiger partial charge in [0.2, 0.25) is 11.8 Å². The fraction of sp³-hybridized carbons (Fsp3) is 0.222. The van der Waals surface area contributed by atoms with Crippen molar-refractivity contribution in [3.63, 3.8) is 0 Å². The van der Waals surface area contributed by atoms with Gasteiger partial charge >= 0.3 is 0 Å². The standard InChI is InChI=1S/C18H17ClN4O4S/c1-10(28-18-23-22-17(27-18)11-4-6-20-7-5-11)16(24)21-13-8-12(19)14(25-2)9-15(13)26-3/h4-10H,1-3H3,(H,21,24)/t10-/m1/s1. The summed E-state index contributed by atoms with van der Waals surface area (Å²) in [5.74, 6) is 0.979. The molecule has 0 aliphatic heterocycles. The normalized spacial score (nSPS) is 11.7. The highest BCUT2D eigenvalue weighted by atomic mass is 35.5. The second kappa shape index (κ2) is 8.94. The minimum absolute atomic E-state index is 0.270. The SMILES string of the molecule is COc1cc(OC)c(NC(=O)[C@@H](C)Sc2nnc(-c3ccncc3)o2)cc1Cl. The fourth-order valence-electron chi connectivity index (χ4n) is 2.27. The number of hydrogen-bond donors (Lipinski definition) is 1. The Hall–Kier alpha value is -2.78. The summed E-state index contributed by atoms with van der Waals surface area (Å²) < 4.78 is 16.0. The predicted octanol–water partition coefficient (Wildman–Crippen LogP) is 3.92. The third kappa shape index (κ3) is 4.55. The molecule has 10 heteroatoms. The van der Waals surface area contributed by atoms with Crippen molar-refractivity contribution in [2.45, 2.75) is 17.4 Å². The average Bonchev–Trinajstić information content (AvgIpc) is 3.17. The van der Waals surface area contributed by atoms with Crippen molar-refractivity contribution in [2.75, 3.05) is 19.5 Å². The van der Waals surface area contributed by atoms with Crippen LogP contribution < -0.4 is 14.8 Å². The molecule has 0 aliphatic rings. The highest BCUT2D eigenvalue weighted by Crippen LogP contribution is 2.36. The number of benzene rings is 1. The molecule has 0 fully saturated rings. The Morgan fingerprint density at radius 2 is 1.89 bits per heavy atom. The van der Waals surface area contributed by atoms with E-state index in [0.29, 0.717) is 28.1 Å². The summed E-state index contributed by atoms with van der Waals surface area (Å²) in [6.07, 6.45) is 3.27. The molecule has 0 radical (unpaired) electrons. The number of aromatic nitrogens is 3. The first-order valence-corrected chi connectivity index (χ1v) is 9.40. The van der Waals surface area contributed by atoms with Crippen LogP contribution >= 0.6 is 23.4 Å². The van der Waals surface area contributed by atoms with Crippen LogP contribution in [0, 0.1) is 0 Å². The summed E-state index contributed by atoms with van der Waals surface area (Å²) >= 11 is 7.28. The van der Waals surface area contributed by atoms with Crippen LogP contribution in [0.5, 0.6) is 11.5 Å². The molecule has 2 heterocycles. The summed E-state index contributed by atoms with van der Waals surface area (Å²) in [5, 5.41) is 10.9. The maximum atomic E-state index is 12.6. The number of nitrogens with zero attached hydrogens (tertiary/aromatic N) is 3. The van der Waals surface area contributed by atoms with E-state index in [1.807, 2.05) is 0 Å². The van der Waals surface area contributed by atoms with Crippen molar-refractivity contribution in [3.05, 3.63) is 41.7 Å². The molecule has 1 aromatic carbocycles. The van der Waals surface area contributed by atoms with Gasteiger partial charge in [-0.05, 0) is 25.1 Å². The third-order valence-electron chi connectivity index (χ3n) is 3.71. The van der Waals surface area contributed by atoms with E-state index in [1.54, 1.807) is 43.6 Å². The highest BCUT2D eigenvalue weighted by Gasteiger charge is 2.21. The van der Waals surface area contributed by atoms with E-state index >= 15 is 0 Å². The molecule has 3 rings (SSSR count). The molecule has 28 heavy (non-hydrogen) atoms. The molecule has 0 aliphatic carbocycles. The number of carbonyl (C=O) groups is 1. The van der Waals surface area contributed by atoms with Gasteiger partial charge in [0.15, 0.2) is 0 Å². The van der Waals surface area contributed by atoms with Gasteiger partial charge in [-0.25, -0.2) is 0 Å². The van der Waals surface area contributed by atoms with Crippen molar-refractivity contribution in [2.24, 2.45) is 0 Å². The topological polar surface area (TPSA) is 99.4 Å². The molecule has 8 nitrogen and oxygen atoms in total. The average molecular weight is 421 g/mol. The van der Waals surface area contributed by atoms with Crippen LogP contribution in [-0.2, 0) is 4.79 Å². The molecule has 3 aromatic rings. The molecule has 2 aromatic heterocycles. The van der Waals surface area contributed by atoms with E-state index < -0.39 is 5.25 Å². The Kier molecular flexibility index (Phi) is 6.37. The van der Waals surface area contributed by atoms with Crippen LogP contribution in [0.25, 0.3) is 11.5 Å². The van der Waals surface area contributed by atoms with Crippen LogP contribution in [0.15, 0.2) is 46.3 Å². The van der Waals surface area contributed by atoms with Crippen LogP contribution in [0.1, 0.15) is 6.92 Å². The van der Waals surface area contributed by atoms with Gasteiger partial charge in [-0.3, -0.25) is 9.78 Å². The number of thioether (sulfide) groups is 1. The third-order valence-corrected chi connectivity index (χ3v) is 4.94. The van der Waals surface area contributed by atoms with Crippen molar-refractivity contribution >= 4 is 35.0 Å². The number of hydrogen-bond acceptors (Lipinski definition) is 8. The summed E-state index contributed by atoms with van der Waals surface area (Å²) in [7, 11) is 3.00. The molecule has 1 atom stereocenters. The monoisotopic (exact) mass is 420 g/mol. The molecule has 0 unspecified atom stereocenters. The van der Waals surface area contributed by atoms with E-state index in [9.17, 15) is 4.79 Å². The maximum Gasteiger partial charge on any atom is 0.277 e. The largest absolute Gasteiger partial charge is 0.495 e. The molecule has 1 amide bonds.